The number of carbonyl (C=O) groups excluding carboxylic acids is 1. The zero-order chi connectivity index (χ0) is 14.6. The summed E-state index contributed by atoms with van der Waals surface area (Å²) in [6, 6.07) is 7.87. The first-order valence-corrected chi connectivity index (χ1v) is 8.31. The lowest BCUT2D eigenvalue weighted by Crippen LogP contribution is -2.04. The van der Waals surface area contributed by atoms with Crippen LogP contribution in [0.4, 0.5) is 0 Å². The van der Waals surface area contributed by atoms with Crippen molar-refractivity contribution < 1.29 is 9.53 Å². The minimum Gasteiger partial charge on any atom is -0.461 e. The van der Waals surface area contributed by atoms with E-state index in [0.717, 1.165) is 29.3 Å². The number of halogens is 1. The molecule has 0 saturated carbocycles. The highest BCUT2D eigenvalue weighted by Crippen LogP contribution is 2.09. The molecule has 1 aromatic carbocycles. The van der Waals surface area contributed by atoms with Crippen molar-refractivity contribution in [2.75, 3.05) is 5.33 Å². The summed E-state index contributed by atoms with van der Waals surface area (Å²) in [6.45, 7) is 4.07. The Labute approximate surface area is 130 Å². The van der Waals surface area contributed by atoms with E-state index in [1.54, 1.807) is 6.08 Å². The van der Waals surface area contributed by atoms with Gasteiger partial charge in [-0.2, -0.15) is 0 Å². The Hall–Kier alpha value is -1.09. The van der Waals surface area contributed by atoms with Crippen LogP contribution in [0.3, 0.4) is 0 Å². The standard InChI is InChI=1S/C17H23BrO2/c1-2-15-9-11-16(12-10-15)14-20-17(19)8-6-4-3-5-7-13-18/h2,9-12H,1,3-8,13-14H2. The monoisotopic (exact) mass is 338 g/mol. The topological polar surface area (TPSA) is 26.3 Å². The maximum Gasteiger partial charge on any atom is 0.306 e. The van der Waals surface area contributed by atoms with Crippen LogP contribution in [0.25, 0.3) is 6.08 Å². The maximum atomic E-state index is 11.6. The summed E-state index contributed by atoms with van der Waals surface area (Å²) in [5.41, 5.74) is 2.09. The number of carbonyl (C=O) groups is 1. The molecule has 0 radical (unpaired) electrons. The van der Waals surface area contributed by atoms with Crippen molar-refractivity contribution in [3.63, 3.8) is 0 Å². The van der Waals surface area contributed by atoms with E-state index in [1.807, 2.05) is 24.3 Å². The Balaban J connectivity index is 2.11. The van der Waals surface area contributed by atoms with Crippen LogP contribution in [-0.2, 0) is 16.1 Å². The van der Waals surface area contributed by atoms with Crippen LogP contribution in [0.5, 0.6) is 0 Å². The number of hydrogen-bond acceptors (Lipinski definition) is 2. The van der Waals surface area contributed by atoms with E-state index in [4.69, 9.17) is 4.74 Å². The molecule has 0 saturated heterocycles. The van der Waals surface area contributed by atoms with Gasteiger partial charge in [-0.3, -0.25) is 4.79 Å². The van der Waals surface area contributed by atoms with E-state index in [9.17, 15) is 4.79 Å². The Morgan fingerprint density at radius 3 is 2.40 bits per heavy atom. The van der Waals surface area contributed by atoms with Gasteiger partial charge >= 0.3 is 5.97 Å². The summed E-state index contributed by atoms with van der Waals surface area (Å²) < 4.78 is 5.26. The van der Waals surface area contributed by atoms with Crippen molar-refractivity contribution in [2.45, 2.75) is 45.1 Å². The molecule has 0 fully saturated rings. The van der Waals surface area contributed by atoms with E-state index < -0.39 is 0 Å². The summed E-state index contributed by atoms with van der Waals surface area (Å²) in [6.07, 6.45) is 8.00. The Bertz CT molecular complexity index is 398. The van der Waals surface area contributed by atoms with Gasteiger partial charge in [0.05, 0.1) is 0 Å². The molecule has 0 N–H and O–H groups in total. The highest BCUT2D eigenvalue weighted by atomic mass is 79.9. The van der Waals surface area contributed by atoms with Crippen LogP contribution >= 0.6 is 15.9 Å². The lowest BCUT2D eigenvalue weighted by atomic mass is 10.1. The lowest BCUT2D eigenvalue weighted by molar-refractivity contribution is -0.145. The van der Waals surface area contributed by atoms with E-state index in [2.05, 4.69) is 22.5 Å². The number of benzene rings is 1. The average molecular weight is 339 g/mol. The van der Waals surface area contributed by atoms with Crippen molar-refractivity contribution in [1.29, 1.82) is 0 Å². The predicted octanol–water partition coefficient (Wildman–Crippen LogP) is 5.11. The van der Waals surface area contributed by atoms with Gasteiger partial charge in [0.15, 0.2) is 0 Å². The number of hydrogen-bond donors (Lipinski definition) is 0. The smallest absolute Gasteiger partial charge is 0.306 e. The van der Waals surface area contributed by atoms with Crippen LogP contribution in [0.15, 0.2) is 30.8 Å². The minimum atomic E-state index is -0.0988. The number of alkyl halides is 1. The molecule has 2 nitrogen and oxygen atoms in total. The highest BCUT2D eigenvalue weighted by molar-refractivity contribution is 9.09. The fourth-order valence-electron chi connectivity index (χ4n) is 1.88. The molecule has 0 unspecified atom stereocenters. The molecule has 3 heteroatoms. The van der Waals surface area contributed by atoms with Gasteiger partial charge in [-0.1, -0.05) is 72.1 Å². The average Bonchev–Trinajstić information content (AvgIpc) is 2.49. The Morgan fingerprint density at radius 1 is 1.10 bits per heavy atom. The van der Waals surface area contributed by atoms with E-state index in [1.165, 1.54) is 19.3 Å². The second kappa shape index (κ2) is 10.7. The zero-order valence-electron chi connectivity index (χ0n) is 11.9. The molecule has 0 aromatic heterocycles. The lowest BCUT2D eigenvalue weighted by Gasteiger charge is -2.05. The summed E-state index contributed by atoms with van der Waals surface area (Å²) in [4.78, 5) is 11.6. The van der Waals surface area contributed by atoms with Gasteiger partial charge in [0, 0.05) is 11.8 Å². The predicted molar refractivity (Wildman–Crippen MR) is 87.8 cm³/mol. The van der Waals surface area contributed by atoms with Gasteiger partial charge in [0.1, 0.15) is 6.61 Å². The molecule has 0 aliphatic heterocycles. The third kappa shape index (κ3) is 7.49. The number of rotatable bonds is 10. The van der Waals surface area contributed by atoms with Crippen molar-refractivity contribution in [2.24, 2.45) is 0 Å². The fourth-order valence-corrected chi connectivity index (χ4v) is 2.28. The molecule has 110 valence electrons. The van der Waals surface area contributed by atoms with Crippen LogP contribution < -0.4 is 0 Å². The van der Waals surface area contributed by atoms with Crippen molar-refractivity contribution in [1.82, 2.24) is 0 Å². The van der Waals surface area contributed by atoms with Gasteiger partial charge in [-0.05, 0) is 24.0 Å². The van der Waals surface area contributed by atoms with Crippen LogP contribution in [0, 0.1) is 0 Å². The second-order valence-corrected chi connectivity index (χ2v) is 5.61. The van der Waals surface area contributed by atoms with Gasteiger partial charge in [0.25, 0.3) is 0 Å². The van der Waals surface area contributed by atoms with Crippen molar-refractivity contribution in [3.8, 4) is 0 Å². The molecule has 0 amide bonds. The van der Waals surface area contributed by atoms with Crippen molar-refractivity contribution >= 4 is 28.0 Å². The van der Waals surface area contributed by atoms with E-state index >= 15 is 0 Å². The first-order valence-electron chi connectivity index (χ1n) is 7.19. The molecule has 20 heavy (non-hydrogen) atoms. The number of esters is 1. The summed E-state index contributed by atoms with van der Waals surface area (Å²) in [7, 11) is 0. The van der Waals surface area contributed by atoms with Crippen LogP contribution in [-0.4, -0.2) is 11.3 Å². The Kier molecular flexibility index (Phi) is 9.05. The largest absolute Gasteiger partial charge is 0.461 e. The molecule has 0 atom stereocenters. The Morgan fingerprint density at radius 2 is 1.75 bits per heavy atom. The quantitative estimate of drug-likeness (QED) is 0.336. The summed E-state index contributed by atoms with van der Waals surface area (Å²) in [5.74, 6) is -0.0988. The van der Waals surface area contributed by atoms with Gasteiger partial charge in [0.2, 0.25) is 0 Å². The second-order valence-electron chi connectivity index (χ2n) is 4.81. The van der Waals surface area contributed by atoms with Crippen molar-refractivity contribution in [3.05, 3.63) is 42.0 Å². The first-order chi connectivity index (χ1) is 9.76. The minimum absolute atomic E-state index is 0.0988. The third-order valence-electron chi connectivity index (χ3n) is 3.13. The van der Waals surface area contributed by atoms with E-state index in [0.29, 0.717) is 13.0 Å². The molecule has 1 aromatic rings. The van der Waals surface area contributed by atoms with Gasteiger partial charge in [-0.15, -0.1) is 0 Å². The molecule has 0 aliphatic rings. The highest BCUT2D eigenvalue weighted by Gasteiger charge is 2.03. The van der Waals surface area contributed by atoms with Gasteiger partial charge < -0.3 is 4.74 Å². The molecule has 1 rings (SSSR count). The van der Waals surface area contributed by atoms with E-state index in [-0.39, 0.29) is 5.97 Å². The number of ether oxygens (including phenoxy) is 1. The number of unbranched alkanes of at least 4 members (excludes halogenated alkanes) is 4. The first kappa shape index (κ1) is 17.0. The molecule has 0 bridgehead atoms. The molecular formula is C17H23BrO2. The molecular weight excluding hydrogens is 316 g/mol. The normalized spacial score (nSPS) is 10.2. The third-order valence-corrected chi connectivity index (χ3v) is 3.69. The fraction of sp³-hybridized carbons (Fsp3) is 0.471. The van der Waals surface area contributed by atoms with Gasteiger partial charge in [-0.25, -0.2) is 0 Å². The summed E-state index contributed by atoms with van der Waals surface area (Å²) in [5, 5.41) is 1.07. The van der Waals surface area contributed by atoms with Crippen LogP contribution in [0.2, 0.25) is 0 Å². The molecule has 0 spiro atoms. The maximum absolute atomic E-state index is 11.6. The zero-order valence-corrected chi connectivity index (χ0v) is 13.5. The molecule has 0 aliphatic carbocycles. The SMILES string of the molecule is C=Cc1ccc(COC(=O)CCCCCCCBr)cc1. The van der Waals surface area contributed by atoms with Crippen LogP contribution in [0.1, 0.15) is 49.7 Å². The summed E-state index contributed by atoms with van der Waals surface area (Å²) >= 11 is 3.41. The molecule has 0 heterocycles.